The van der Waals surface area contributed by atoms with Gasteiger partial charge in [-0.3, -0.25) is 4.79 Å². The molecule has 3 aromatic rings. The van der Waals surface area contributed by atoms with Crippen LogP contribution in [0.3, 0.4) is 0 Å². The molecule has 0 unspecified atom stereocenters. The van der Waals surface area contributed by atoms with Gasteiger partial charge in [-0.25, -0.2) is 4.79 Å². The molecule has 4 nitrogen and oxygen atoms in total. The van der Waals surface area contributed by atoms with Crippen LogP contribution in [0.2, 0.25) is 0 Å². The summed E-state index contributed by atoms with van der Waals surface area (Å²) in [6.45, 7) is 0. The predicted octanol–water partition coefficient (Wildman–Crippen LogP) is 3.47. The molecule has 0 aliphatic heterocycles. The topological polar surface area (TPSA) is 74.6 Å². The Labute approximate surface area is 126 Å². The van der Waals surface area contributed by atoms with Crippen LogP contribution in [-0.2, 0) is 0 Å². The standard InChI is InChI=1S/C18H12O4/c19-12-9-11-5-1-2-6-13(11)16(10-12)17(20)14-7-3-4-8-15(14)18(21)22/h1-10,19H,(H,21,22). The fourth-order valence-electron chi connectivity index (χ4n) is 2.50. The molecule has 0 bridgehead atoms. The third kappa shape index (κ3) is 2.31. The van der Waals surface area contributed by atoms with Gasteiger partial charge in [0.15, 0.2) is 5.78 Å². The highest BCUT2D eigenvalue weighted by molar-refractivity contribution is 6.19. The minimum atomic E-state index is -1.16. The number of carbonyl (C=O) groups is 2. The summed E-state index contributed by atoms with van der Waals surface area (Å²) in [5.41, 5.74) is 0.329. The Kier molecular flexibility index (Phi) is 3.35. The summed E-state index contributed by atoms with van der Waals surface area (Å²) in [6, 6.07) is 16.1. The van der Waals surface area contributed by atoms with Gasteiger partial charge in [0, 0.05) is 11.1 Å². The highest BCUT2D eigenvalue weighted by Gasteiger charge is 2.19. The van der Waals surface area contributed by atoms with Crippen molar-refractivity contribution < 1.29 is 19.8 Å². The van der Waals surface area contributed by atoms with Crippen molar-refractivity contribution in [1.82, 2.24) is 0 Å². The number of hydrogen-bond acceptors (Lipinski definition) is 3. The summed E-state index contributed by atoms with van der Waals surface area (Å²) in [5.74, 6) is -1.62. The molecule has 0 aliphatic carbocycles. The number of hydrogen-bond donors (Lipinski definition) is 2. The maximum absolute atomic E-state index is 12.8. The van der Waals surface area contributed by atoms with Crippen LogP contribution in [0.5, 0.6) is 5.75 Å². The van der Waals surface area contributed by atoms with Crippen molar-refractivity contribution in [2.24, 2.45) is 0 Å². The number of carboxylic acid groups (broad SMARTS) is 1. The Hall–Kier alpha value is -3.14. The molecule has 22 heavy (non-hydrogen) atoms. The quantitative estimate of drug-likeness (QED) is 0.725. The lowest BCUT2D eigenvalue weighted by atomic mass is 9.94. The van der Waals surface area contributed by atoms with Gasteiger partial charge in [0.25, 0.3) is 0 Å². The number of fused-ring (bicyclic) bond motifs is 1. The molecule has 3 aromatic carbocycles. The Morgan fingerprint density at radius 1 is 0.773 bits per heavy atom. The Bertz CT molecular complexity index is 896. The number of phenolic OH excluding ortho intramolecular Hbond substituents is 1. The first-order valence-electron chi connectivity index (χ1n) is 6.66. The van der Waals surface area contributed by atoms with Gasteiger partial charge in [-0.05, 0) is 29.0 Å². The lowest BCUT2D eigenvalue weighted by Crippen LogP contribution is -2.09. The average molecular weight is 292 g/mol. The molecule has 0 aliphatic rings. The Morgan fingerprint density at radius 3 is 2.14 bits per heavy atom. The first-order valence-corrected chi connectivity index (χ1v) is 6.66. The first kappa shape index (κ1) is 13.8. The normalized spacial score (nSPS) is 10.5. The summed E-state index contributed by atoms with van der Waals surface area (Å²) in [7, 11) is 0. The van der Waals surface area contributed by atoms with Crippen molar-refractivity contribution in [2.75, 3.05) is 0 Å². The zero-order valence-corrected chi connectivity index (χ0v) is 11.5. The van der Waals surface area contributed by atoms with Crippen molar-refractivity contribution in [3.63, 3.8) is 0 Å². The number of aromatic hydroxyl groups is 1. The fourth-order valence-corrected chi connectivity index (χ4v) is 2.50. The SMILES string of the molecule is O=C(O)c1ccccc1C(=O)c1cc(O)cc2ccccc12. The Morgan fingerprint density at radius 2 is 1.41 bits per heavy atom. The van der Waals surface area contributed by atoms with Gasteiger partial charge in [-0.1, -0.05) is 42.5 Å². The molecule has 0 aromatic heterocycles. The third-order valence-corrected chi connectivity index (χ3v) is 3.49. The molecule has 0 spiro atoms. The van der Waals surface area contributed by atoms with Crippen molar-refractivity contribution >= 4 is 22.5 Å². The van der Waals surface area contributed by atoms with Crippen molar-refractivity contribution in [3.05, 3.63) is 77.4 Å². The van der Waals surface area contributed by atoms with Crippen LogP contribution in [0.25, 0.3) is 10.8 Å². The summed E-state index contributed by atoms with van der Waals surface area (Å²) in [5, 5.41) is 20.4. The number of aromatic carboxylic acids is 1. The van der Waals surface area contributed by atoms with Gasteiger partial charge in [0.05, 0.1) is 5.56 Å². The highest BCUT2D eigenvalue weighted by atomic mass is 16.4. The minimum Gasteiger partial charge on any atom is -0.508 e. The largest absolute Gasteiger partial charge is 0.508 e. The predicted molar refractivity (Wildman–Crippen MR) is 82.4 cm³/mol. The van der Waals surface area contributed by atoms with Gasteiger partial charge >= 0.3 is 5.97 Å². The summed E-state index contributed by atoms with van der Waals surface area (Å²) >= 11 is 0. The molecule has 0 fully saturated rings. The van der Waals surface area contributed by atoms with Crippen molar-refractivity contribution in [3.8, 4) is 5.75 Å². The molecule has 0 saturated heterocycles. The van der Waals surface area contributed by atoms with Gasteiger partial charge in [-0.2, -0.15) is 0 Å². The zero-order valence-electron chi connectivity index (χ0n) is 11.5. The maximum Gasteiger partial charge on any atom is 0.336 e. The molecule has 4 heteroatoms. The summed E-state index contributed by atoms with van der Waals surface area (Å²) in [4.78, 5) is 24.0. The van der Waals surface area contributed by atoms with E-state index in [0.717, 1.165) is 5.39 Å². The second kappa shape index (κ2) is 5.33. The molecule has 0 heterocycles. The van der Waals surface area contributed by atoms with Crippen LogP contribution in [-0.4, -0.2) is 22.0 Å². The molecule has 0 atom stereocenters. The van der Waals surface area contributed by atoms with E-state index in [0.29, 0.717) is 5.39 Å². The third-order valence-electron chi connectivity index (χ3n) is 3.49. The monoisotopic (exact) mass is 292 g/mol. The van der Waals surface area contributed by atoms with Crippen LogP contribution in [0.1, 0.15) is 26.3 Å². The van der Waals surface area contributed by atoms with Crippen LogP contribution in [0.15, 0.2) is 60.7 Å². The number of phenols is 1. The lowest BCUT2D eigenvalue weighted by molar-refractivity contribution is 0.0693. The van der Waals surface area contributed by atoms with Crippen molar-refractivity contribution in [2.45, 2.75) is 0 Å². The molecule has 108 valence electrons. The fraction of sp³-hybridized carbons (Fsp3) is 0. The number of rotatable bonds is 3. The van der Waals surface area contributed by atoms with Crippen LogP contribution in [0, 0.1) is 0 Å². The number of carbonyl (C=O) groups excluding carboxylic acids is 1. The van der Waals surface area contributed by atoms with E-state index in [4.69, 9.17) is 0 Å². The van der Waals surface area contributed by atoms with E-state index >= 15 is 0 Å². The van der Waals surface area contributed by atoms with E-state index in [1.807, 2.05) is 0 Å². The van der Waals surface area contributed by atoms with Gasteiger partial charge in [0.2, 0.25) is 0 Å². The summed E-state index contributed by atoms with van der Waals surface area (Å²) in [6.07, 6.45) is 0. The second-order valence-electron chi connectivity index (χ2n) is 4.89. The van der Waals surface area contributed by atoms with Crippen molar-refractivity contribution in [1.29, 1.82) is 0 Å². The number of benzene rings is 3. The molecule has 0 radical (unpaired) electrons. The highest BCUT2D eigenvalue weighted by Crippen LogP contribution is 2.27. The van der Waals surface area contributed by atoms with E-state index in [2.05, 4.69) is 0 Å². The van der Waals surface area contributed by atoms with E-state index in [1.54, 1.807) is 42.5 Å². The van der Waals surface area contributed by atoms with Crippen LogP contribution in [0.4, 0.5) is 0 Å². The van der Waals surface area contributed by atoms with E-state index in [1.165, 1.54) is 18.2 Å². The van der Waals surface area contributed by atoms with Crippen LogP contribution < -0.4 is 0 Å². The van der Waals surface area contributed by atoms with E-state index in [9.17, 15) is 19.8 Å². The summed E-state index contributed by atoms with van der Waals surface area (Å²) < 4.78 is 0. The van der Waals surface area contributed by atoms with E-state index < -0.39 is 11.8 Å². The molecular weight excluding hydrogens is 280 g/mol. The maximum atomic E-state index is 12.8. The number of ketones is 1. The Balaban J connectivity index is 2.24. The van der Waals surface area contributed by atoms with Gasteiger partial charge < -0.3 is 10.2 Å². The van der Waals surface area contributed by atoms with Gasteiger partial charge in [-0.15, -0.1) is 0 Å². The lowest BCUT2D eigenvalue weighted by Gasteiger charge is -2.09. The molecular formula is C18H12O4. The smallest absolute Gasteiger partial charge is 0.336 e. The van der Waals surface area contributed by atoms with Gasteiger partial charge in [0.1, 0.15) is 5.75 Å². The minimum absolute atomic E-state index is 0.0325. The zero-order chi connectivity index (χ0) is 15.7. The molecule has 0 amide bonds. The van der Waals surface area contributed by atoms with E-state index in [-0.39, 0.29) is 22.4 Å². The van der Waals surface area contributed by atoms with Crippen LogP contribution >= 0.6 is 0 Å². The molecule has 2 N–H and O–H groups in total. The number of carboxylic acids is 1. The first-order chi connectivity index (χ1) is 10.6. The molecule has 0 saturated carbocycles. The average Bonchev–Trinajstić information content (AvgIpc) is 2.53. The molecule has 3 rings (SSSR count). The second-order valence-corrected chi connectivity index (χ2v) is 4.89.